The summed E-state index contributed by atoms with van der Waals surface area (Å²) in [4.78, 5) is 21.5. The number of aromatic nitrogens is 2. The highest BCUT2D eigenvalue weighted by molar-refractivity contribution is 6.30. The molecule has 1 saturated heterocycles. The average molecular weight is 523 g/mol. The second kappa shape index (κ2) is 10.3. The molecule has 1 aliphatic rings. The largest absolute Gasteiger partial charge is 0.423 e. The molecule has 3 aromatic carbocycles. The number of rotatable bonds is 5. The van der Waals surface area contributed by atoms with Gasteiger partial charge in [-0.3, -0.25) is 9.69 Å². The molecule has 0 spiro atoms. The van der Waals surface area contributed by atoms with Crippen LogP contribution in [0.1, 0.15) is 17.2 Å². The maximum atomic E-state index is 12.4. The molecule has 2 aromatic heterocycles. The van der Waals surface area contributed by atoms with Crippen molar-refractivity contribution < 1.29 is 5.21 Å². The number of pyridine rings is 2. The molecule has 6 rings (SSSR count). The van der Waals surface area contributed by atoms with Crippen LogP contribution < -0.4 is 10.5 Å². The summed E-state index contributed by atoms with van der Waals surface area (Å²) in [7, 11) is 0. The van der Waals surface area contributed by atoms with E-state index in [0.717, 1.165) is 53.4 Å². The van der Waals surface area contributed by atoms with E-state index in [-0.39, 0.29) is 11.7 Å². The van der Waals surface area contributed by atoms with Gasteiger partial charge in [0.2, 0.25) is 0 Å². The van der Waals surface area contributed by atoms with Gasteiger partial charge in [0, 0.05) is 54.5 Å². The molecule has 1 fully saturated rings. The van der Waals surface area contributed by atoms with Gasteiger partial charge in [-0.15, -0.1) is 4.73 Å². The van der Waals surface area contributed by atoms with Crippen LogP contribution in [-0.4, -0.2) is 46.0 Å². The van der Waals surface area contributed by atoms with E-state index in [9.17, 15) is 10.0 Å². The molecule has 190 valence electrons. The quantitative estimate of drug-likeness (QED) is 0.293. The molecule has 1 aliphatic heterocycles. The van der Waals surface area contributed by atoms with Crippen molar-refractivity contribution in [3.8, 4) is 11.1 Å². The van der Waals surface area contributed by atoms with Gasteiger partial charge in [-0.2, -0.15) is 0 Å². The first-order valence-electron chi connectivity index (χ1n) is 12.7. The predicted octanol–water partition coefficient (Wildman–Crippen LogP) is 5.87. The molecule has 0 saturated carbocycles. The van der Waals surface area contributed by atoms with Crippen LogP contribution >= 0.6 is 11.6 Å². The highest BCUT2D eigenvalue weighted by Crippen LogP contribution is 2.33. The first-order chi connectivity index (χ1) is 18.6. The zero-order chi connectivity index (χ0) is 26.1. The number of fused-ring (bicyclic) bond motifs is 1. The molecule has 1 unspecified atom stereocenters. The van der Waals surface area contributed by atoms with Crippen LogP contribution in [0.15, 0.2) is 108 Å². The first-order valence-corrected chi connectivity index (χ1v) is 13.1. The smallest absolute Gasteiger partial charge is 0.285 e. The Morgan fingerprint density at radius 3 is 2.29 bits per heavy atom. The molecule has 0 amide bonds. The first kappa shape index (κ1) is 24.2. The van der Waals surface area contributed by atoms with E-state index in [4.69, 9.17) is 11.6 Å². The number of piperazine rings is 1. The summed E-state index contributed by atoms with van der Waals surface area (Å²) < 4.78 is 0.603. The normalized spacial score (nSPS) is 15.0. The molecule has 6 nitrogen and oxygen atoms in total. The number of nitrogens with zero attached hydrogens (tertiary/aromatic N) is 4. The lowest BCUT2D eigenvalue weighted by Crippen LogP contribution is -2.48. The van der Waals surface area contributed by atoms with Crippen molar-refractivity contribution in [2.45, 2.75) is 6.04 Å². The molecule has 1 atom stereocenters. The van der Waals surface area contributed by atoms with Gasteiger partial charge < -0.3 is 10.1 Å². The Hall–Kier alpha value is -4.13. The molecular formula is C31H27ClN4O2. The minimum Gasteiger partial charge on any atom is -0.423 e. The summed E-state index contributed by atoms with van der Waals surface area (Å²) in [5, 5.41) is 11.6. The van der Waals surface area contributed by atoms with E-state index in [2.05, 4.69) is 69.4 Å². The van der Waals surface area contributed by atoms with Gasteiger partial charge in [0.1, 0.15) is 0 Å². The predicted molar refractivity (Wildman–Crippen MR) is 152 cm³/mol. The molecule has 5 aromatic rings. The van der Waals surface area contributed by atoms with Gasteiger partial charge >= 0.3 is 0 Å². The number of halogens is 1. The summed E-state index contributed by atoms with van der Waals surface area (Å²) >= 11 is 6.19. The van der Waals surface area contributed by atoms with Crippen LogP contribution in [0, 0.1) is 0 Å². The van der Waals surface area contributed by atoms with Gasteiger partial charge in [-0.05, 0) is 58.7 Å². The number of anilines is 1. The van der Waals surface area contributed by atoms with E-state index in [1.54, 1.807) is 6.20 Å². The Balaban J connectivity index is 1.27. The van der Waals surface area contributed by atoms with Crippen molar-refractivity contribution >= 4 is 28.3 Å². The lowest BCUT2D eigenvalue weighted by Gasteiger charge is -2.40. The molecule has 3 heterocycles. The van der Waals surface area contributed by atoms with Gasteiger partial charge in [-0.25, -0.2) is 4.98 Å². The third-order valence-electron chi connectivity index (χ3n) is 7.26. The Morgan fingerprint density at radius 1 is 0.789 bits per heavy atom. The summed E-state index contributed by atoms with van der Waals surface area (Å²) in [6.07, 6.45) is 1.57. The molecular weight excluding hydrogens is 496 g/mol. The van der Waals surface area contributed by atoms with Crippen molar-refractivity contribution in [2.24, 2.45) is 0 Å². The van der Waals surface area contributed by atoms with E-state index < -0.39 is 5.56 Å². The van der Waals surface area contributed by atoms with Crippen molar-refractivity contribution in [3.05, 3.63) is 130 Å². The van der Waals surface area contributed by atoms with Crippen LogP contribution in [0.25, 0.3) is 22.2 Å². The second-order valence-electron chi connectivity index (χ2n) is 9.52. The maximum absolute atomic E-state index is 12.4. The van der Waals surface area contributed by atoms with Crippen molar-refractivity contribution in [1.82, 2.24) is 14.6 Å². The fraction of sp³-hybridized carbons (Fsp3) is 0.161. The summed E-state index contributed by atoms with van der Waals surface area (Å²) in [5.74, 6) is 0. The van der Waals surface area contributed by atoms with E-state index in [1.165, 1.54) is 17.2 Å². The third kappa shape index (κ3) is 4.64. The maximum Gasteiger partial charge on any atom is 0.285 e. The van der Waals surface area contributed by atoms with E-state index in [0.29, 0.717) is 4.73 Å². The Labute approximate surface area is 225 Å². The molecule has 38 heavy (non-hydrogen) atoms. The molecule has 0 bridgehead atoms. The Kier molecular flexibility index (Phi) is 6.58. The van der Waals surface area contributed by atoms with Crippen molar-refractivity contribution in [1.29, 1.82) is 0 Å². The molecule has 1 N–H and O–H groups in total. The highest BCUT2D eigenvalue weighted by atomic mass is 35.5. The van der Waals surface area contributed by atoms with E-state index >= 15 is 0 Å². The minimum absolute atomic E-state index is 0.158. The van der Waals surface area contributed by atoms with Gasteiger partial charge in [0.25, 0.3) is 5.56 Å². The summed E-state index contributed by atoms with van der Waals surface area (Å²) in [5.41, 5.74) is 5.04. The zero-order valence-electron chi connectivity index (χ0n) is 20.7. The highest BCUT2D eigenvalue weighted by Gasteiger charge is 2.26. The monoisotopic (exact) mass is 522 g/mol. The third-order valence-corrected chi connectivity index (χ3v) is 7.51. The fourth-order valence-corrected chi connectivity index (χ4v) is 5.51. The number of benzene rings is 3. The lowest BCUT2D eigenvalue weighted by molar-refractivity contribution is 0.187. The summed E-state index contributed by atoms with van der Waals surface area (Å²) in [6, 6.07) is 32.3. The second-order valence-corrected chi connectivity index (χ2v) is 9.96. The Bertz CT molecular complexity index is 1630. The van der Waals surface area contributed by atoms with Gasteiger partial charge in [0.15, 0.2) is 5.65 Å². The van der Waals surface area contributed by atoms with Crippen LogP contribution in [-0.2, 0) is 0 Å². The Morgan fingerprint density at radius 2 is 1.53 bits per heavy atom. The van der Waals surface area contributed by atoms with Crippen LogP contribution in [0.5, 0.6) is 0 Å². The molecule has 0 aliphatic carbocycles. The molecule has 7 heteroatoms. The lowest BCUT2D eigenvalue weighted by atomic mass is 9.96. The zero-order valence-corrected chi connectivity index (χ0v) is 21.5. The number of hydrogen-bond acceptors (Lipinski definition) is 5. The number of hydrogen-bond donors (Lipinski definition) is 1. The SMILES string of the molecule is O=c1cc(-c2cccc(N3CCN(C(c4ccccc4)c4ccc(Cl)cc4)CC3)c2)c2cccnc2n1O. The standard InChI is InChI=1S/C31H27ClN4O2/c32-25-13-11-23(12-14-25)30(22-6-2-1-3-7-22)35-18-16-34(17-19-35)26-9-4-8-24(20-26)28-21-29(37)36(38)31-27(28)10-5-15-33-31/h1-15,20-21,30,38H,16-19H2. The fourth-order valence-electron chi connectivity index (χ4n) is 5.38. The van der Waals surface area contributed by atoms with E-state index in [1.807, 2.05) is 36.4 Å². The van der Waals surface area contributed by atoms with Crippen LogP contribution in [0.3, 0.4) is 0 Å². The van der Waals surface area contributed by atoms with Crippen LogP contribution in [0.2, 0.25) is 5.02 Å². The topological polar surface area (TPSA) is 61.6 Å². The van der Waals surface area contributed by atoms with Gasteiger partial charge in [0.05, 0.1) is 6.04 Å². The van der Waals surface area contributed by atoms with Crippen LogP contribution in [0.4, 0.5) is 5.69 Å². The van der Waals surface area contributed by atoms with Crippen molar-refractivity contribution in [3.63, 3.8) is 0 Å². The molecule has 0 radical (unpaired) electrons. The summed E-state index contributed by atoms with van der Waals surface area (Å²) in [6.45, 7) is 3.56. The average Bonchev–Trinajstić information content (AvgIpc) is 2.97. The van der Waals surface area contributed by atoms with Gasteiger partial charge in [-0.1, -0.05) is 66.2 Å². The minimum atomic E-state index is -0.501. The van der Waals surface area contributed by atoms with Crippen molar-refractivity contribution in [2.75, 3.05) is 31.1 Å².